The zero-order chi connectivity index (χ0) is 30.4. The molecule has 2 fully saturated rings. The van der Waals surface area contributed by atoms with Crippen molar-refractivity contribution in [2.75, 3.05) is 33.0 Å². The van der Waals surface area contributed by atoms with Crippen molar-refractivity contribution >= 4 is 7.82 Å². The molecule has 0 radical (unpaired) electrons. The Labute approximate surface area is 228 Å². The maximum absolute atomic E-state index is 11.7. The van der Waals surface area contributed by atoms with Gasteiger partial charge in [0, 0.05) is 6.54 Å². The number of aliphatic hydroxyl groups excluding tert-OH is 10. The van der Waals surface area contributed by atoms with Gasteiger partial charge in [0.15, 0.2) is 12.6 Å². The maximum atomic E-state index is 11.7. The lowest BCUT2D eigenvalue weighted by Crippen LogP contribution is -2.65. The molecule has 0 aliphatic carbocycles. The topological polar surface area (TPSA) is 321 Å². The number of hydrogen-bond acceptors (Lipinski definition) is 18. The maximum Gasteiger partial charge on any atom is 0.472 e. The standard InChI is InChI=1S/C20H40NO18P/c1-7-11(25)15(29)17(31)19(36-7)39-18-16(30)14(28)10(5-23)38-20(18)37-9(4-22)13(27)12(26)8(24)6-35-40(32,33)34-3-2-21/h7-20,22-31H,2-6,21H2,1H3,(H,32,33)/t7-,8+,9+,10+,11-,12+,13+,14+,15+,16-,17+,18-,19-,20-/m0/s1. The van der Waals surface area contributed by atoms with Crippen LogP contribution in [0.5, 0.6) is 0 Å². The van der Waals surface area contributed by atoms with Crippen molar-refractivity contribution in [1.29, 1.82) is 0 Å². The van der Waals surface area contributed by atoms with E-state index in [-0.39, 0.29) is 13.2 Å². The molecule has 40 heavy (non-hydrogen) atoms. The summed E-state index contributed by atoms with van der Waals surface area (Å²) in [5, 5.41) is 101. The van der Waals surface area contributed by atoms with Crippen LogP contribution in [0.25, 0.3) is 0 Å². The fraction of sp³-hybridized carbons (Fsp3) is 1.00. The van der Waals surface area contributed by atoms with Gasteiger partial charge >= 0.3 is 7.82 Å². The molecule has 0 aromatic heterocycles. The van der Waals surface area contributed by atoms with E-state index in [0.29, 0.717) is 0 Å². The molecule has 19 nitrogen and oxygen atoms in total. The molecule has 0 saturated carbocycles. The summed E-state index contributed by atoms with van der Waals surface area (Å²) in [7, 11) is -4.65. The molecule has 20 heteroatoms. The van der Waals surface area contributed by atoms with Crippen LogP contribution in [0.2, 0.25) is 0 Å². The van der Waals surface area contributed by atoms with Crippen LogP contribution in [-0.2, 0) is 32.6 Å². The number of phosphoric acid groups is 1. The summed E-state index contributed by atoms with van der Waals surface area (Å²) in [5.41, 5.74) is 5.15. The SMILES string of the molecule is C[C@@H]1O[C@@H](O[C@@H]2[C@@H](O[C@H](CO)[C@@H](O)[C@H](O)[C@H](O)COP(=O)(O)OCCN)O[C@H](CO)[C@@H](O)[C@@H]2O)[C@H](O)[C@H](O)[C@H]1O. The zero-order valence-electron chi connectivity index (χ0n) is 21.4. The second-order valence-electron chi connectivity index (χ2n) is 9.28. The molecule has 13 N–H and O–H groups in total. The van der Waals surface area contributed by atoms with Crippen molar-refractivity contribution in [1.82, 2.24) is 0 Å². The van der Waals surface area contributed by atoms with Gasteiger partial charge in [-0.05, 0) is 6.92 Å². The first kappa shape index (κ1) is 35.7. The second-order valence-corrected chi connectivity index (χ2v) is 10.7. The van der Waals surface area contributed by atoms with E-state index in [0.717, 1.165) is 0 Å². The van der Waals surface area contributed by atoms with Crippen LogP contribution in [0.4, 0.5) is 0 Å². The monoisotopic (exact) mass is 613 g/mol. The van der Waals surface area contributed by atoms with Gasteiger partial charge in [0.1, 0.15) is 67.1 Å². The van der Waals surface area contributed by atoms with Crippen molar-refractivity contribution in [3.05, 3.63) is 0 Å². The number of phosphoric ester groups is 1. The number of ether oxygens (including phenoxy) is 4. The summed E-state index contributed by atoms with van der Waals surface area (Å²) in [6.45, 7) is -2.02. The Hall–Kier alpha value is -0.490. The van der Waals surface area contributed by atoms with Crippen molar-refractivity contribution < 1.29 is 88.5 Å². The molecule has 2 rings (SSSR count). The van der Waals surface area contributed by atoms with E-state index in [1.807, 2.05) is 0 Å². The van der Waals surface area contributed by atoms with Crippen molar-refractivity contribution in [2.24, 2.45) is 5.73 Å². The van der Waals surface area contributed by atoms with E-state index in [1.54, 1.807) is 0 Å². The van der Waals surface area contributed by atoms with Crippen molar-refractivity contribution in [3.8, 4) is 0 Å². The number of nitrogens with two attached hydrogens (primary N) is 1. The van der Waals surface area contributed by atoms with Crippen molar-refractivity contribution in [2.45, 2.75) is 92.8 Å². The van der Waals surface area contributed by atoms with Crippen LogP contribution in [-0.4, -0.2) is 175 Å². The van der Waals surface area contributed by atoms with Crippen LogP contribution >= 0.6 is 7.82 Å². The minimum atomic E-state index is -4.65. The van der Waals surface area contributed by atoms with E-state index in [9.17, 15) is 60.5 Å². The molecular formula is C20H40NO18P. The molecule has 15 atom stereocenters. The molecule has 1 unspecified atom stereocenters. The summed E-state index contributed by atoms with van der Waals surface area (Å²) in [4.78, 5) is 9.49. The number of aliphatic hydroxyl groups is 10. The second kappa shape index (κ2) is 15.8. The molecule has 2 aliphatic heterocycles. The van der Waals surface area contributed by atoms with Gasteiger partial charge in [-0.2, -0.15) is 0 Å². The summed E-state index contributed by atoms with van der Waals surface area (Å²) in [5.74, 6) is 0. The Kier molecular flexibility index (Phi) is 14.1. The van der Waals surface area contributed by atoms with Gasteiger partial charge < -0.3 is 80.6 Å². The zero-order valence-corrected chi connectivity index (χ0v) is 22.3. The highest BCUT2D eigenvalue weighted by atomic mass is 31.2. The number of hydrogen-bond donors (Lipinski definition) is 12. The normalized spacial score (nSPS) is 39.7. The molecule has 2 saturated heterocycles. The molecular weight excluding hydrogens is 573 g/mol. The van der Waals surface area contributed by atoms with Gasteiger partial charge in [-0.25, -0.2) is 4.57 Å². The van der Waals surface area contributed by atoms with Crippen LogP contribution in [0.1, 0.15) is 6.92 Å². The third-order valence-electron chi connectivity index (χ3n) is 6.32. The highest BCUT2D eigenvalue weighted by molar-refractivity contribution is 7.47. The summed E-state index contributed by atoms with van der Waals surface area (Å²) < 4.78 is 42.4. The van der Waals surface area contributed by atoms with Gasteiger partial charge in [-0.3, -0.25) is 9.05 Å². The van der Waals surface area contributed by atoms with E-state index in [4.69, 9.17) is 24.7 Å². The first-order chi connectivity index (χ1) is 18.7. The quantitative estimate of drug-likeness (QED) is 0.0763. The molecule has 0 amide bonds. The van der Waals surface area contributed by atoms with E-state index in [1.165, 1.54) is 6.92 Å². The lowest BCUT2D eigenvalue weighted by Gasteiger charge is -2.46. The Morgan fingerprint density at radius 1 is 0.875 bits per heavy atom. The Bertz CT molecular complexity index is 799. The van der Waals surface area contributed by atoms with Crippen molar-refractivity contribution in [3.63, 3.8) is 0 Å². The third-order valence-corrected chi connectivity index (χ3v) is 7.30. The molecule has 2 heterocycles. The fourth-order valence-electron chi connectivity index (χ4n) is 3.92. The van der Waals surface area contributed by atoms with E-state index in [2.05, 4.69) is 9.05 Å². The van der Waals surface area contributed by atoms with Gasteiger partial charge in [0.05, 0.1) is 32.5 Å². The first-order valence-corrected chi connectivity index (χ1v) is 13.8. The Balaban J connectivity index is 2.15. The summed E-state index contributed by atoms with van der Waals surface area (Å²) in [6, 6.07) is 0. The highest BCUT2D eigenvalue weighted by Crippen LogP contribution is 2.43. The third kappa shape index (κ3) is 9.01. The van der Waals surface area contributed by atoms with E-state index < -0.39 is 113 Å². The van der Waals surface area contributed by atoms with Gasteiger partial charge in [0.2, 0.25) is 0 Å². The molecule has 0 aromatic rings. The van der Waals surface area contributed by atoms with Crippen LogP contribution in [0.3, 0.4) is 0 Å². The lowest BCUT2D eigenvalue weighted by molar-refractivity contribution is -0.373. The van der Waals surface area contributed by atoms with Crippen LogP contribution < -0.4 is 5.73 Å². The lowest BCUT2D eigenvalue weighted by atomic mass is 9.97. The molecule has 0 aromatic carbocycles. The molecule has 0 bridgehead atoms. The van der Waals surface area contributed by atoms with E-state index >= 15 is 0 Å². The molecule has 2 aliphatic rings. The first-order valence-electron chi connectivity index (χ1n) is 12.3. The average Bonchev–Trinajstić information content (AvgIpc) is 2.93. The predicted molar refractivity (Wildman–Crippen MR) is 126 cm³/mol. The highest BCUT2D eigenvalue weighted by Gasteiger charge is 2.51. The number of rotatable bonds is 15. The Morgan fingerprint density at radius 3 is 2.10 bits per heavy atom. The van der Waals surface area contributed by atoms with Gasteiger partial charge in [-0.1, -0.05) is 0 Å². The fourth-order valence-corrected chi connectivity index (χ4v) is 4.67. The van der Waals surface area contributed by atoms with Crippen LogP contribution in [0, 0.1) is 0 Å². The minimum absolute atomic E-state index is 0.114. The van der Waals surface area contributed by atoms with Gasteiger partial charge in [0.25, 0.3) is 0 Å². The molecule has 238 valence electrons. The summed E-state index contributed by atoms with van der Waals surface area (Å²) >= 11 is 0. The van der Waals surface area contributed by atoms with Gasteiger partial charge in [-0.15, -0.1) is 0 Å². The Morgan fingerprint density at radius 2 is 1.52 bits per heavy atom. The predicted octanol–water partition coefficient (Wildman–Crippen LogP) is -6.81. The smallest absolute Gasteiger partial charge is 0.394 e. The minimum Gasteiger partial charge on any atom is -0.394 e. The average molecular weight is 614 g/mol. The van der Waals surface area contributed by atoms with Crippen LogP contribution in [0.15, 0.2) is 0 Å². The molecule has 0 spiro atoms. The summed E-state index contributed by atoms with van der Waals surface area (Å²) in [6.07, 6.45) is -24.8. The largest absolute Gasteiger partial charge is 0.472 e.